The molecule has 5 heteroatoms. The second-order valence-electron chi connectivity index (χ2n) is 4.02. The highest BCUT2D eigenvalue weighted by Gasteiger charge is 2.12. The molecule has 1 aliphatic rings. The summed E-state index contributed by atoms with van der Waals surface area (Å²) in [6, 6.07) is 0.495. The Kier molecular flexibility index (Phi) is 5.68. The zero-order valence-electron chi connectivity index (χ0n) is 9.37. The Balaban J connectivity index is 2.20. The van der Waals surface area contributed by atoms with E-state index in [1.165, 1.54) is 32.1 Å². The summed E-state index contributed by atoms with van der Waals surface area (Å²) in [5, 5.41) is 3.22. The molecule has 1 atom stereocenters. The van der Waals surface area contributed by atoms with Crippen molar-refractivity contribution >= 4 is 16.8 Å². The van der Waals surface area contributed by atoms with E-state index in [9.17, 15) is 4.21 Å². The van der Waals surface area contributed by atoms with Crippen LogP contribution in [0.3, 0.4) is 0 Å². The molecule has 4 nitrogen and oxygen atoms in total. The van der Waals surface area contributed by atoms with Gasteiger partial charge < -0.3 is 11.1 Å². The van der Waals surface area contributed by atoms with Gasteiger partial charge in [-0.3, -0.25) is 9.20 Å². The minimum Gasteiger partial charge on any atom is -0.370 e. The molecule has 0 amide bonds. The van der Waals surface area contributed by atoms with E-state index in [4.69, 9.17) is 5.73 Å². The zero-order chi connectivity index (χ0) is 11.1. The van der Waals surface area contributed by atoms with Crippen LogP contribution in [0.4, 0.5) is 0 Å². The lowest BCUT2D eigenvalue weighted by atomic mass is 9.96. The highest BCUT2D eigenvalue weighted by molar-refractivity contribution is 7.84. The van der Waals surface area contributed by atoms with Crippen LogP contribution in [0.15, 0.2) is 4.99 Å². The Hall–Kier alpha value is -0.580. The van der Waals surface area contributed by atoms with Gasteiger partial charge in [-0.15, -0.1) is 0 Å². The molecule has 0 saturated heterocycles. The van der Waals surface area contributed by atoms with E-state index in [2.05, 4.69) is 10.3 Å². The first-order chi connectivity index (χ1) is 7.18. The predicted octanol–water partition coefficient (Wildman–Crippen LogP) is 0.602. The fourth-order valence-corrected chi connectivity index (χ4v) is 2.14. The van der Waals surface area contributed by atoms with Gasteiger partial charge in [0, 0.05) is 28.9 Å². The molecule has 15 heavy (non-hydrogen) atoms. The Morgan fingerprint density at radius 3 is 2.73 bits per heavy atom. The molecule has 0 aromatic heterocycles. The Bertz CT molecular complexity index is 237. The van der Waals surface area contributed by atoms with Crippen molar-refractivity contribution in [1.29, 1.82) is 0 Å². The van der Waals surface area contributed by atoms with Gasteiger partial charge >= 0.3 is 0 Å². The van der Waals surface area contributed by atoms with Gasteiger partial charge in [-0.25, -0.2) is 0 Å². The fraction of sp³-hybridized carbons (Fsp3) is 0.900. The van der Waals surface area contributed by atoms with Crippen LogP contribution in [0.2, 0.25) is 0 Å². The fourth-order valence-electron chi connectivity index (χ4n) is 1.80. The van der Waals surface area contributed by atoms with E-state index >= 15 is 0 Å². The lowest BCUT2D eigenvalue weighted by Gasteiger charge is -2.23. The quantitative estimate of drug-likeness (QED) is 0.550. The van der Waals surface area contributed by atoms with Crippen LogP contribution in [-0.4, -0.2) is 34.8 Å². The first kappa shape index (κ1) is 12.5. The molecule has 0 aromatic rings. The normalized spacial score (nSPS) is 21.3. The maximum Gasteiger partial charge on any atom is 0.188 e. The maximum atomic E-state index is 10.8. The molecule has 3 N–H and O–H groups in total. The van der Waals surface area contributed by atoms with Gasteiger partial charge in [-0.1, -0.05) is 19.3 Å². The summed E-state index contributed by atoms with van der Waals surface area (Å²) >= 11 is 0. The van der Waals surface area contributed by atoms with Gasteiger partial charge in [0.1, 0.15) is 0 Å². The molecule has 0 heterocycles. The molecule has 1 saturated carbocycles. The van der Waals surface area contributed by atoms with Crippen molar-refractivity contribution in [3.8, 4) is 0 Å². The largest absolute Gasteiger partial charge is 0.370 e. The third-order valence-corrected chi connectivity index (χ3v) is 3.38. The number of rotatable bonds is 4. The maximum absolute atomic E-state index is 10.8. The third-order valence-electron chi connectivity index (χ3n) is 2.62. The van der Waals surface area contributed by atoms with Crippen LogP contribution in [0.1, 0.15) is 32.1 Å². The predicted molar refractivity (Wildman–Crippen MR) is 65.4 cm³/mol. The molecule has 0 spiro atoms. The van der Waals surface area contributed by atoms with Crippen molar-refractivity contribution in [3.05, 3.63) is 0 Å². The summed E-state index contributed by atoms with van der Waals surface area (Å²) < 4.78 is 10.8. The van der Waals surface area contributed by atoms with Crippen molar-refractivity contribution < 1.29 is 4.21 Å². The minimum atomic E-state index is -0.779. The van der Waals surface area contributed by atoms with E-state index in [1.54, 1.807) is 6.26 Å². The summed E-state index contributed by atoms with van der Waals surface area (Å²) in [7, 11) is -0.779. The average molecular weight is 231 g/mol. The van der Waals surface area contributed by atoms with Gasteiger partial charge in [-0.05, 0) is 12.8 Å². The smallest absolute Gasteiger partial charge is 0.188 e. The van der Waals surface area contributed by atoms with Crippen molar-refractivity contribution in [3.63, 3.8) is 0 Å². The lowest BCUT2D eigenvalue weighted by Crippen LogP contribution is -2.41. The molecule has 1 aliphatic carbocycles. The highest BCUT2D eigenvalue weighted by atomic mass is 32.2. The van der Waals surface area contributed by atoms with Gasteiger partial charge in [-0.2, -0.15) is 0 Å². The van der Waals surface area contributed by atoms with Crippen LogP contribution in [-0.2, 0) is 10.8 Å². The zero-order valence-corrected chi connectivity index (χ0v) is 10.2. The van der Waals surface area contributed by atoms with Crippen molar-refractivity contribution in [2.24, 2.45) is 10.7 Å². The highest BCUT2D eigenvalue weighted by Crippen LogP contribution is 2.16. The first-order valence-electron chi connectivity index (χ1n) is 5.55. The second-order valence-corrected chi connectivity index (χ2v) is 5.58. The monoisotopic (exact) mass is 231 g/mol. The van der Waals surface area contributed by atoms with Crippen molar-refractivity contribution in [2.75, 3.05) is 18.6 Å². The van der Waals surface area contributed by atoms with Gasteiger partial charge in [0.2, 0.25) is 0 Å². The molecule has 0 bridgehead atoms. The van der Waals surface area contributed by atoms with Gasteiger partial charge in [0.15, 0.2) is 5.96 Å². The summed E-state index contributed by atoms with van der Waals surface area (Å²) in [4.78, 5) is 4.15. The van der Waals surface area contributed by atoms with E-state index in [1.807, 2.05) is 0 Å². The van der Waals surface area contributed by atoms with E-state index in [0.29, 0.717) is 24.3 Å². The summed E-state index contributed by atoms with van der Waals surface area (Å²) in [6.07, 6.45) is 7.96. The Labute approximate surface area is 94.2 Å². The van der Waals surface area contributed by atoms with Gasteiger partial charge in [0.05, 0.1) is 6.54 Å². The topological polar surface area (TPSA) is 67.5 Å². The van der Waals surface area contributed by atoms with E-state index in [0.717, 1.165) is 0 Å². The third kappa shape index (κ3) is 5.77. The molecular formula is C10H21N3OS. The van der Waals surface area contributed by atoms with Crippen molar-refractivity contribution in [2.45, 2.75) is 38.1 Å². The minimum absolute atomic E-state index is 0.495. The van der Waals surface area contributed by atoms with Crippen LogP contribution in [0, 0.1) is 0 Å². The number of nitrogens with two attached hydrogens (primary N) is 1. The second kappa shape index (κ2) is 6.82. The molecule has 1 rings (SSSR count). The first-order valence-corrected chi connectivity index (χ1v) is 7.27. The molecule has 1 unspecified atom stereocenters. The van der Waals surface area contributed by atoms with Crippen LogP contribution >= 0.6 is 0 Å². The summed E-state index contributed by atoms with van der Waals surface area (Å²) in [5.41, 5.74) is 5.73. The standard InChI is InChI=1S/C10H21N3OS/c1-15(14)8-7-12-10(11)13-9-5-3-2-4-6-9/h9H,2-8H2,1H3,(H3,11,12,13). The van der Waals surface area contributed by atoms with Crippen LogP contribution < -0.4 is 11.1 Å². The number of hydrogen-bond acceptors (Lipinski definition) is 2. The van der Waals surface area contributed by atoms with Gasteiger partial charge in [0.25, 0.3) is 0 Å². The number of aliphatic imine (C=N–C) groups is 1. The Morgan fingerprint density at radius 2 is 2.13 bits per heavy atom. The SMILES string of the molecule is CS(=O)CCN=C(N)NC1CCCCC1. The summed E-state index contributed by atoms with van der Waals surface area (Å²) in [5.74, 6) is 1.10. The molecule has 0 aliphatic heterocycles. The number of hydrogen-bond donors (Lipinski definition) is 2. The van der Waals surface area contributed by atoms with Crippen LogP contribution in [0.5, 0.6) is 0 Å². The molecule has 88 valence electrons. The lowest BCUT2D eigenvalue weighted by molar-refractivity contribution is 0.412. The van der Waals surface area contributed by atoms with Crippen molar-refractivity contribution in [1.82, 2.24) is 5.32 Å². The number of nitrogens with one attached hydrogen (secondary N) is 1. The molecular weight excluding hydrogens is 210 g/mol. The van der Waals surface area contributed by atoms with Crippen LogP contribution in [0.25, 0.3) is 0 Å². The molecule has 0 aromatic carbocycles. The average Bonchev–Trinajstić information content (AvgIpc) is 2.18. The summed E-state index contributed by atoms with van der Waals surface area (Å²) in [6.45, 7) is 0.550. The number of guanidine groups is 1. The Morgan fingerprint density at radius 1 is 1.47 bits per heavy atom. The molecule has 0 radical (unpaired) electrons. The van der Waals surface area contributed by atoms with E-state index < -0.39 is 10.8 Å². The molecule has 1 fully saturated rings. The number of nitrogens with zero attached hydrogens (tertiary/aromatic N) is 1. The van der Waals surface area contributed by atoms with E-state index in [-0.39, 0.29) is 0 Å².